The van der Waals surface area contributed by atoms with Crippen molar-refractivity contribution >= 4 is 52.6 Å². The highest BCUT2D eigenvalue weighted by Gasteiger charge is 2.44. The van der Waals surface area contributed by atoms with Crippen LogP contribution < -0.4 is 15.1 Å². The minimum Gasteiger partial charge on any atom is -0.858 e. The number of thiocarbonyl (C=S) groups is 1. The second-order valence-corrected chi connectivity index (χ2v) is 9.16. The lowest BCUT2D eigenvalue weighted by molar-refractivity contribution is -0.746. The number of likely N-dealkylation sites (N-methyl/N-ethyl adjacent to an activating group) is 1. The van der Waals surface area contributed by atoms with Gasteiger partial charge >= 0.3 is 11.9 Å². The molecule has 40 heavy (non-hydrogen) atoms. The fourth-order valence-electron chi connectivity index (χ4n) is 4.15. The van der Waals surface area contributed by atoms with Gasteiger partial charge < -0.3 is 20.1 Å². The number of amides is 2. The molecular weight excluding hydrogens is 536 g/mol. The van der Waals surface area contributed by atoms with Crippen LogP contribution in [0.1, 0.15) is 41.9 Å². The number of ether oxygens (including phenoxy) is 1. The first-order valence-electron chi connectivity index (χ1n) is 12.6. The van der Waals surface area contributed by atoms with Crippen LogP contribution >= 0.6 is 12.2 Å². The SMILES string of the molecule is CCOC(=O)c1ccc(NC(=O)CC2C(=O)N(CC)C(=S)N2Cc2c(/N=C(\[O-])c3ccccc3)on[n+]2C)cc1. The van der Waals surface area contributed by atoms with Crippen molar-refractivity contribution in [3.63, 3.8) is 0 Å². The number of aliphatic imine (C=N–C) groups is 1. The van der Waals surface area contributed by atoms with Crippen LogP contribution in [-0.2, 0) is 27.9 Å². The summed E-state index contributed by atoms with van der Waals surface area (Å²) in [4.78, 5) is 45.2. The smallest absolute Gasteiger partial charge is 0.338 e. The van der Waals surface area contributed by atoms with Crippen LogP contribution in [0.4, 0.5) is 11.6 Å². The second kappa shape index (κ2) is 12.5. The number of hydrogen-bond donors (Lipinski definition) is 1. The highest BCUT2D eigenvalue weighted by molar-refractivity contribution is 7.80. The van der Waals surface area contributed by atoms with Crippen molar-refractivity contribution in [3.05, 3.63) is 71.4 Å². The fourth-order valence-corrected chi connectivity index (χ4v) is 4.56. The molecular formula is C27H28N6O6S. The highest BCUT2D eigenvalue weighted by atomic mass is 32.1. The molecule has 13 heteroatoms. The molecule has 0 spiro atoms. The predicted octanol–water partition coefficient (Wildman–Crippen LogP) is 1.46. The summed E-state index contributed by atoms with van der Waals surface area (Å²) in [6, 6.07) is 13.8. The summed E-state index contributed by atoms with van der Waals surface area (Å²) in [6.07, 6.45) is -0.195. The number of rotatable bonds is 10. The van der Waals surface area contributed by atoms with Gasteiger partial charge in [0, 0.05) is 12.2 Å². The molecule has 0 aliphatic carbocycles. The van der Waals surface area contributed by atoms with Crippen molar-refractivity contribution < 1.29 is 33.4 Å². The van der Waals surface area contributed by atoms with Gasteiger partial charge in [-0.2, -0.15) is 0 Å². The second-order valence-electron chi connectivity index (χ2n) is 8.79. The molecule has 1 atom stereocenters. The Kier molecular flexibility index (Phi) is 8.84. The van der Waals surface area contributed by atoms with Crippen molar-refractivity contribution in [2.45, 2.75) is 32.9 Å². The van der Waals surface area contributed by atoms with E-state index in [9.17, 15) is 19.5 Å². The number of carbonyl (C=O) groups is 3. The first-order valence-corrected chi connectivity index (χ1v) is 13.0. The molecule has 3 aromatic rings. The van der Waals surface area contributed by atoms with Gasteiger partial charge in [0.05, 0.1) is 18.6 Å². The number of nitrogens with zero attached hydrogens (tertiary/aromatic N) is 5. The van der Waals surface area contributed by atoms with Gasteiger partial charge in [-0.3, -0.25) is 19.0 Å². The Labute approximate surface area is 235 Å². The number of anilines is 1. The summed E-state index contributed by atoms with van der Waals surface area (Å²) in [5, 5.41) is 19.5. The summed E-state index contributed by atoms with van der Waals surface area (Å²) >= 11 is 5.58. The summed E-state index contributed by atoms with van der Waals surface area (Å²) in [5.41, 5.74) is 1.59. The lowest BCUT2D eigenvalue weighted by Gasteiger charge is -2.21. The predicted molar refractivity (Wildman–Crippen MR) is 145 cm³/mol. The minimum atomic E-state index is -0.904. The number of aryl methyl sites for hydroxylation is 1. The van der Waals surface area contributed by atoms with Gasteiger partial charge in [-0.05, 0) is 66.5 Å². The molecule has 1 saturated heterocycles. The molecule has 2 heterocycles. The Morgan fingerprint density at radius 3 is 2.50 bits per heavy atom. The van der Waals surface area contributed by atoms with Gasteiger partial charge in [0.15, 0.2) is 12.2 Å². The van der Waals surface area contributed by atoms with Gasteiger partial charge in [0.1, 0.15) is 12.6 Å². The normalized spacial score (nSPS) is 15.5. The van der Waals surface area contributed by atoms with Crippen LogP contribution in [-0.4, -0.2) is 63.1 Å². The van der Waals surface area contributed by atoms with E-state index in [-0.39, 0.29) is 36.5 Å². The topological polar surface area (TPSA) is 144 Å². The molecule has 1 fully saturated rings. The molecule has 4 rings (SSSR count). The van der Waals surface area contributed by atoms with E-state index >= 15 is 0 Å². The van der Waals surface area contributed by atoms with Crippen LogP contribution in [0.3, 0.4) is 0 Å². The number of hydrogen-bond acceptors (Lipinski definition) is 9. The van der Waals surface area contributed by atoms with Gasteiger partial charge in [0.2, 0.25) is 11.2 Å². The van der Waals surface area contributed by atoms with E-state index in [0.29, 0.717) is 29.1 Å². The number of nitrogens with one attached hydrogen (secondary N) is 1. The third-order valence-corrected chi connectivity index (χ3v) is 6.66. The van der Waals surface area contributed by atoms with Crippen molar-refractivity contribution in [2.24, 2.45) is 12.0 Å². The largest absolute Gasteiger partial charge is 0.858 e. The lowest BCUT2D eigenvalue weighted by atomic mass is 10.1. The molecule has 0 bridgehead atoms. The summed E-state index contributed by atoms with van der Waals surface area (Å²) in [6.45, 7) is 4.10. The van der Waals surface area contributed by atoms with E-state index in [2.05, 4.69) is 15.6 Å². The van der Waals surface area contributed by atoms with Gasteiger partial charge in [-0.1, -0.05) is 30.3 Å². The molecule has 1 aliphatic rings. The Balaban J connectivity index is 1.53. The average molecular weight is 565 g/mol. The zero-order valence-corrected chi connectivity index (χ0v) is 23.0. The van der Waals surface area contributed by atoms with Crippen molar-refractivity contribution in [3.8, 4) is 0 Å². The number of aromatic nitrogens is 2. The first kappa shape index (κ1) is 28.4. The Bertz CT molecular complexity index is 1440. The third kappa shape index (κ3) is 6.15. The number of benzene rings is 2. The maximum atomic E-state index is 13.2. The molecule has 2 aromatic carbocycles. The van der Waals surface area contributed by atoms with Crippen LogP contribution in [0.5, 0.6) is 0 Å². The number of esters is 1. The Morgan fingerprint density at radius 2 is 1.85 bits per heavy atom. The molecule has 1 aliphatic heterocycles. The molecule has 2 amide bonds. The van der Waals surface area contributed by atoms with Gasteiger partial charge in [-0.25, -0.2) is 9.79 Å². The molecule has 12 nitrogen and oxygen atoms in total. The summed E-state index contributed by atoms with van der Waals surface area (Å²) in [5.74, 6) is -1.74. The van der Waals surface area contributed by atoms with E-state index in [0.717, 1.165) is 0 Å². The Morgan fingerprint density at radius 1 is 1.15 bits per heavy atom. The molecule has 1 N–H and O–H groups in total. The maximum Gasteiger partial charge on any atom is 0.338 e. The Hall–Kier alpha value is -4.65. The zero-order chi connectivity index (χ0) is 28.8. The van der Waals surface area contributed by atoms with E-state index in [1.807, 2.05) is 0 Å². The minimum absolute atomic E-state index is 0.0218. The lowest BCUT2D eigenvalue weighted by Crippen LogP contribution is -2.42. The first-order chi connectivity index (χ1) is 19.2. The van der Waals surface area contributed by atoms with Crippen LogP contribution in [0.2, 0.25) is 0 Å². The summed E-state index contributed by atoms with van der Waals surface area (Å²) in [7, 11) is 1.62. The molecule has 1 aromatic heterocycles. The van der Waals surface area contributed by atoms with Crippen molar-refractivity contribution in [1.82, 2.24) is 15.1 Å². The quantitative estimate of drug-likeness (QED) is 0.127. The summed E-state index contributed by atoms with van der Waals surface area (Å²) < 4.78 is 11.7. The average Bonchev–Trinajstić information content (AvgIpc) is 3.40. The van der Waals surface area contributed by atoms with Crippen molar-refractivity contribution in [2.75, 3.05) is 18.5 Å². The van der Waals surface area contributed by atoms with Crippen LogP contribution in [0, 0.1) is 0 Å². The standard InChI is InChI=1S/C27H28N6O6S/c1-4-32-25(36)20(15-22(34)28-19-13-11-18(12-14-19)26(37)38-5-2)33(27(32)40)16-21-24(39-30-31(21)3)29-23(35)17-9-7-6-8-10-17/h6-14,20H,4-5,15-16H2,1-3H3,(H-,28,29,30,34,35,37). The van der Waals surface area contributed by atoms with E-state index in [4.69, 9.17) is 21.5 Å². The third-order valence-electron chi connectivity index (χ3n) is 6.21. The van der Waals surface area contributed by atoms with Gasteiger partial charge in [-0.15, -0.1) is 0 Å². The molecule has 208 valence electrons. The zero-order valence-electron chi connectivity index (χ0n) is 22.2. The fraction of sp³-hybridized carbons (Fsp3) is 0.296. The highest BCUT2D eigenvalue weighted by Crippen LogP contribution is 2.26. The van der Waals surface area contributed by atoms with Crippen LogP contribution in [0.15, 0.2) is 64.1 Å². The molecule has 0 radical (unpaired) electrons. The molecule has 0 saturated carbocycles. The maximum absolute atomic E-state index is 13.2. The van der Waals surface area contributed by atoms with Gasteiger partial charge in [0.25, 0.3) is 11.6 Å². The van der Waals surface area contributed by atoms with E-state index in [1.54, 1.807) is 80.4 Å². The van der Waals surface area contributed by atoms with E-state index < -0.39 is 23.8 Å². The van der Waals surface area contributed by atoms with Crippen LogP contribution in [0.25, 0.3) is 0 Å². The monoisotopic (exact) mass is 564 g/mol. The van der Waals surface area contributed by atoms with E-state index in [1.165, 1.54) is 9.58 Å². The molecule has 1 unspecified atom stereocenters. The van der Waals surface area contributed by atoms with Crippen molar-refractivity contribution in [1.29, 1.82) is 0 Å². The number of carbonyl (C=O) groups excluding carboxylic acids is 3.